The Morgan fingerprint density at radius 1 is 1.34 bits per heavy atom. The fraction of sp³-hybridized carbons (Fsp3) is 0.545. The average Bonchev–Trinajstić information content (AvgIpc) is 3.29. The number of ether oxygens (including phenoxy) is 1. The average molecular weight is 511 g/mol. The third-order valence-corrected chi connectivity index (χ3v) is 5.33. The molecule has 29 heavy (non-hydrogen) atoms. The molecule has 1 saturated heterocycles. The summed E-state index contributed by atoms with van der Waals surface area (Å²) in [5.74, 6) is 1.75. The van der Waals surface area contributed by atoms with Gasteiger partial charge in [-0.05, 0) is 17.9 Å². The number of benzene rings is 1. The van der Waals surface area contributed by atoms with E-state index in [0.717, 1.165) is 37.8 Å². The first-order valence-corrected chi connectivity index (χ1v) is 10.1. The highest BCUT2D eigenvalue weighted by Gasteiger charge is 2.29. The standard InChI is InChI=1S/C22H33N5O.HI/c1-16(2)20-19(15-27(5)25-20)14-26(4)22(23-3)24-13-18-11-12-28-21(18)17-9-7-6-8-10-17;/h6-10,15-16,18,21H,11-14H2,1-5H3,(H,23,24);1H. The van der Waals surface area contributed by atoms with Crippen LogP contribution in [-0.4, -0.2) is 47.9 Å². The van der Waals surface area contributed by atoms with Crippen LogP contribution in [0.15, 0.2) is 41.5 Å². The molecule has 0 spiro atoms. The second-order valence-electron chi connectivity index (χ2n) is 7.90. The van der Waals surface area contributed by atoms with Crippen LogP contribution in [0, 0.1) is 5.92 Å². The van der Waals surface area contributed by atoms with Gasteiger partial charge in [0.25, 0.3) is 0 Å². The highest BCUT2D eigenvalue weighted by Crippen LogP contribution is 2.33. The molecule has 1 fully saturated rings. The molecule has 3 rings (SSSR count). The van der Waals surface area contributed by atoms with Crippen molar-refractivity contribution in [1.82, 2.24) is 20.0 Å². The van der Waals surface area contributed by atoms with Crippen LogP contribution in [0.5, 0.6) is 0 Å². The molecule has 6 nitrogen and oxygen atoms in total. The van der Waals surface area contributed by atoms with E-state index in [4.69, 9.17) is 4.74 Å². The van der Waals surface area contributed by atoms with Gasteiger partial charge < -0.3 is 15.0 Å². The number of guanidine groups is 1. The molecular formula is C22H34IN5O. The Labute approximate surface area is 191 Å². The van der Waals surface area contributed by atoms with Crippen molar-refractivity contribution in [1.29, 1.82) is 0 Å². The number of aryl methyl sites for hydroxylation is 1. The summed E-state index contributed by atoms with van der Waals surface area (Å²) in [4.78, 5) is 6.65. The Kier molecular flexibility index (Phi) is 8.95. The lowest BCUT2D eigenvalue weighted by molar-refractivity contribution is 0.0914. The van der Waals surface area contributed by atoms with Crippen molar-refractivity contribution in [3.8, 4) is 0 Å². The topological polar surface area (TPSA) is 54.7 Å². The van der Waals surface area contributed by atoms with Crippen molar-refractivity contribution in [2.75, 3.05) is 27.2 Å². The molecule has 0 aliphatic carbocycles. The summed E-state index contributed by atoms with van der Waals surface area (Å²) >= 11 is 0. The summed E-state index contributed by atoms with van der Waals surface area (Å²) in [5, 5.41) is 8.17. The Morgan fingerprint density at radius 2 is 2.07 bits per heavy atom. The first kappa shape index (κ1) is 23.7. The summed E-state index contributed by atoms with van der Waals surface area (Å²) in [6.07, 6.45) is 3.32. The van der Waals surface area contributed by atoms with Gasteiger partial charge in [-0.1, -0.05) is 44.2 Å². The molecule has 1 N–H and O–H groups in total. The quantitative estimate of drug-likeness (QED) is 0.363. The van der Waals surface area contributed by atoms with Gasteiger partial charge in [0.1, 0.15) is 0 Å². The van der Waals surface area contributed by atoms with Gasteiger partial charge in [0, 0.05) is 58.5 Å². The van der Waals surface area contributed by atoms with Crippen LogP contribution in [-0.2, 0) is 18.3 Å². The molecule has 1 aromatic heterocycles. The Bertz CT molecular complexity index is 790. The van der Waals surface area contributed by atoms with Gasteiger partial charge >= 0.3 is 0 Å². The first-order chi connectivity index (χ1) is 13.5. The fourth-order valence-electron chi connectivity index (χ4n) is 3.95. The van der Waals surface area contributed by atoms with Gasteiger partial charge in [-0.2, -0.15) is 5.10 Å². The summed E-state index contributed by atoms with van der Waals surface area (Å²) in [7, 11) is 5.89. The van der Waals surface area contributed by atoms with Crippen molar-refractivity contribution < 1.29 is 4.74 Å². The maximum absolute atomic E-state index is 6.01. The molecule has 160 valence electrons. The van der Waals surface area contributed by atoms with E-state index in [2.05, 4.69) is 71.7 Å². The number of hydrogen-bond donors (Lipinski definition) is 1. The van der Waals surface area contributed by atoms with Crippen molar-refractivity contribution in [3.05, 3.63) is 53.3 Å². The largest absolute Gasteiger partial charge is 0.373 e. The fourth-order valence-corrected chi connectivity index (χ4v) is 3.95. The lowest BCUT2D eigenvalue weighted by Gasteiger charge is -2.25. The predicted octanol–water partition coefficient (Wildman–Crippen LogP) is 3.95. The number of aromatic nitrogens is 2. The smallest absolute Gasteiger partial charge is 0.193 e. The van der Waals surface area contributed by atoms with Crippen LogP contribution in [0.2, 0.25) is 0 Å². The van der Waals surface area contributed by atoms with E-state index in [1.165, 1.54) is 11.1 Å². The van der Waals surface area contributed by atoms with Crippen LogP contribution < -0.4 is 5.32 Å². The summed E-state index contributed by atoms with van der Waals surface area (Å²) in [6.45, 7) is 6.81. The molecule has 2 heterocycles. The summed E-state index contributed by atoms with van der Waals surface area (Å²) in [6, 6.07) is 10.5. The minimum atomic E-state index is 0. The van der Waals surface area contributed by atoms with Crippen LogP contribution in [0.25, 0.3) is 0 Å². The summed E-state index contributed by atoms with van der Waals surface area (Å²) < 4.78 is 7.91. The van der Waals surface area contributed by atoms with E-state index >= 15 is 0 Å². The second-order valence-corrected chi connectivity index (χ2v) is 7.90. The molecule has 1 aliphatic heterocycles. The number of nitrogens with zero attached hydrogens (tertiary/aromatic N) is 4. The van der Waals surface area contributed by atoms with Crippen molar-refractivity contribution in [3.63, 3.8) is 0 Å². The zero-order valence-corrected chi connectivity index (χ0v) is 20.5. The van der Waals surface area contributed by atoms with Crippen LogP contribution >= 0.6 is 24.0 Å². The van der Waals surface area contributed by atoms with E-state index in [1.807, 2.05) is 24.8 Å². The number of aliphatic imine (C=N–C) groups is 1. The van der Waals surface area contributed by atoms with Crippen LogP contribution in [0.4, 0.5) is 0 Å². The monoisotopic (exact) mass is 511 g/mol. The van der Waals surface area contributed by atoms with Gasteiger partial charge in [-0.25, -0.2) is 0 Å². The molecule has 0 saturated carbocycles. The van der Waals surface area contributed by atoms with Crippen molar-refractivity contribution in [2.24, 2.45) is 18.0 Å². The number of hydrogen-bond acceptors (Lipinski definition) is 3. The predicted molar refractivity (Wildman–Crippen MR) is 129 cm³/mol. The lowest BCUT2D eigenvalue weighted by atomic mass is 9.95. The van der Waals surface area contributed by atoms with E-state index in [1.54, 1.807) is 0 Å². The lowest BCUT2D eigenvalue weighted by Crippen LogP contribution is -2.41. The van der Waals surface area contributed by atoms with Crippen LogP contribution in [0.1, 0.15) is 49.1 Å². The molecule has 1 aliphatic rings. The van der Waals surface area contributed by atoms with Crippen molar-refractivity contribution >= 4 is 29.9 Å². The Hall–Kier alpha value is -1.61. The third kappa shape index (κ3) is 5.94. The Morgan fingerprint density at radius 3 is 2.72 bits per heavy atom. The number of rotatable bonds is 6. The van der Waals surface area contributed by atoms with E-state index < -0.39 is 0 Å². The number of halogens is 1. The zero-order valence-electron chi connectivity index (χ0n) is 18.1. The zero-order chi connectivity index (χ0) is 20.1. The molecule has 1 aromatic carbocycles. The first-order valence-electron chi connectivity index (χ1n) is 10.1. The normalized spacial score (nSPS) is 19.3. The minimum Gasteiger partial charge on any atom is -0.373 e. The second kappa shape index (κ2) is 11.0. The molecule has 0 amide bonds. The summed E-state index contributed by atoms with van der Waals surface area (Å²) in [5.41, 5.74) is 3.65. The molecule has 7 heteroatoms. The molecule has 2 aromatic rings. The Balaban J connectivity index is 0.00000300. The molecule has 2 atom stereocenters. The molecule has 0 radical (unpaired) electrons. The van der Waals surface area contributed by atoms with Gasteiger partial charge in [0.15, 0.2) is 5.96 Å². The minimum absolute atomic E-state index is 0. The van der Waals surface area contributed by atoms with E-state index in [-0.39, 0.29) is 30.1 Å². The van der Waals surface area contributed by atoms with Gasteiger partial charge in [-0.3, -0.25) is 9.67 Å². The molecule has 0 bridgehead atoms. The SMILES string of the molecule is CN=C(NCC1CCOC1c1ccccc1)N(C)Cc1cn(C)nc1C(C)C.I. The van der Waals surface area contributed by atoms with E-state index in [0.29, 0.717) is 11.8 Å². The highest BCUT2D eigenvalue weighted by molar-refractivity contribution is 14.0. The van der Waals surface area contributed by atoms with E-state index in [9.17, 15) is 0 Å². The van der Waals surface area contributed by atoms with Crippen molar-refractivity contribution in [2.45, 2.75) is 38.8 Å². The van der Waals surface area contributed by atoms with Gasteiger partial charge in [0.2, 0.25) is 0 Å². The van der Waals surface area contributed by atoms with Crippen LogP contribution in [0.3, 0.4) is 0 Å². The number of nitrogens with one attached hydrogen (secondary N) is 1. The molecule has 2 unspecified atom stereocenters. The molecular weight excluding hydrogens is 477 g/mol. The maximum atomic E-state index is 6.01. The van der Waals surface area contributed by atoms with Gasteiger partial charge in [-0.15, -0.1) is 24.0 Å². The maximum Gasteiger partial charge on any atom is 0.193 e. The third-order valence-electron chi connectivity index (χ3n) is 5.33. The van der Waals surface area contributed by atoms with Gasteiger partial charge in [0.05, 0.1) is 11.8 Å². The highest BCUT2D eigenvalue weighted by atomic mass is 127.